The normalized spacial score (nSPS) is 12.7. The van der Waals surface area contributed by atoms with Crippen molar-refractivity contribution in [1.82, 2.24) is 4.98 Å². The molecule has 1 aromatic carbocycles. The van der Waals surface area contributed by atoms with E-state index in [1.165, 1.54) is 5.56 Å². The van der Waals surface area contributed by atoms with Crippen LogP contribution in [0.5, 0.6) is 0 Å². The summed E-state index contributed by atoms with van der Waals surface area (Å²) in [5.41, 5.74) is 3.09. The summed E-state index contributed by atoms with van der Waals surface area (Å²) in [5, 5.41) is 12.3. The van der Waals surface area contributed by atoms with Crippen molar-refractivity contribution in [2.24, 2.45) is 0 Å². The summed E-state index contributed by atoms with van der Waals surface area (Å²) in [4.78, 5) is 4.39. The summed E-state index contributed by atoms with van der Waals surface area (Å²) in [6.45, 7) is 3.79. The number of aromatic nitrogens is 1. The van der Waals surface area contributed by atoms with Gasteiger partial charge in [-0.2, -0.15) is 0 Å². The number of aryl methyl sites for hydroxylation is 1. The van der Waals surface area contributed by atoms with Gasteiger partial charge in [-0.3, -0.25) is 0 Å². The molecule has 1 unspecified atom stereocenters. The average molecular weight is 219 g/mol. The molecule has 1 atom stereocenters. The molecule has 0 fully saturated rings. The van der Waals surface area contributed by atoms with Crippen molar-refractivity contribution in [3.8, 4) is 10.6 Å². The smallest absolute Gasteiger partial charge is 0.123 e. The molecule has 0 saturated carbocycles. The number of aliphatic hydroxyl groups excluding tert-OH is 1. The van der Waals surface area contributed by atoms with Crippen LogP contribution in [0.2, 0.25) is 0 Å². The zero-order valence-corrected chi connectivity index (χ0v) is 9.58. The van der Waals surface area contributed by atoms with Crippen molar-refractivity contribution in [3.05, 3.63) is 40.9 Å². The Labute approximate surface area is 93.2 Å². The van der Waals surface area contributed by atoms with Gasteiger partial charge >= 0.3 is 0 Å². The maximum atomic E-state index is 9.38. The van der Waals surface area contributed by atoms with E-state index in [2.05, 4.69) is 24.0 Å². The minimum atomic E-state index is -0.486. The van der Waals surface area contributed by atoms with Gasteiger partial charge in [0.1, 0.15) is 5.01 Å². The number of aliphatic hydroxyl groups is 1. The first-order valence-electron chi connectivity index (χ1n) is 4.87. The molecule has 2 rings (SSSR count). The summed E-state index contributed by atoms with van der Waals surface area (Å²) in [6.07, 6.45) is -0.486. The van der Waals surface area contributed by atoms with Crippen LogP contribution in [0.25, 0.3) is 10.6 Å². The molecule has 1 heterocycles. The summed E-state index contributed by atoms with van der Waals surface area (Å²) in [5.74, 6) is 0. The van der Waals surface area contributed by atoms with E-state index in [4.69, 9.17) is 0 Å². The molecule has 0 aliphatic rings. The number of nitrogens with zero attached hydrogens (tertiary/aromatic N) is 1. The van der Waals surface area contributed by atoms with E-state index in [0.29, 0.717) is 0 Å². The fourth-order valence-electron chi connectivity index (χ4n) is 1.39. The standard InChI is InChI=1S/C12H13NOS/c1-8-4-3-5-10(6-8)12-13-11(7-15-12)9(2)14/h3-7,9,14H,1-2H3. The fourth-order valence-corrected chi connectivity index (χ4v) is 2.29. The second-order valence-electron chi connectivity index (χ2n) is 3.62. The van der Waals surface area contributed by atoms with Crippen LogP contribution < -0.4 is 0 Å². The first-order chi connectivity index (χ1) is 7.16. The van der Waals surface area contributed by atoms with Crippen molar-refractivity contribution in [1.29, 1.82) is 0 Å². The molecule has 0 radical (unpaired) electrons. The van der Waals surface area contributed by atoms with Crippen LogP contribution in [-0.2, 0) is 0 Å². The molecule has 0 saturated heterocycles. The van der Waals surface area contributed by atoms with E-state index in [1.807, 2.05) is 17.5 Å². The molecule has 0 amide bonds. The average Bonchev–Trinajstić information content (AvgIpc) is 2.66. The fraction of sp³-hybridized carbons (Fsp3) is 0.250. The van der Waals surface area contributed by atoms with Gasteiger partial charge < -0.3 is 5.11 Å². The van der Waals surface area contributed by atoms with Gasteiger partial charge in [0.2, 0.25) is 0 Å². The van der Waals surface area contributed by atoms with Crippen LogP contribution >= 0.6 is 11.3 Å². The Morgan fingerprint density at radius 3 is 2.80 bits per heavy atom. The summed E-state index contributed by atoms with van der Waals surface area (Å²) < 4.78 is 0. The van der Waals surface area contributed by atoms with Crippen LogP contribution in [0.3, 0.4) is 0 Å². The lowest BCUT2D eigenvalue weighted by molar-refractivity contribution is 0.195. The molecular weight excluding hydrogens is 206 g/mol. The maximum absolute atomic E-state index is 9.38. The van der Waals surface area contributed by atoms with Gasteiger partial charge in [0.25, 0.3) is 0 Å². The van der Waals surface area contributed by atoms with Gasteiger partial charge in [0.15, 0.2) is 0 Å². The molecule has 3 heteroatoms. The van der Waals surface area contributed by atoms with Gasteiger partial charge in [-0.1, -0.05) is 23.8 Å². The van der Waals surface area contributed by atoms with E-state index in [9.17, 15) is 5.11 Å². The number of benzene rings is 1. The largest absolute Gasteiger partial charge is 0.387 e. The first kappa shape index (κ1) is 10.3. The highest BCUT2D eigenvalue weighted by molar-refractivity contribution is 7.13. The van der Waals surface area contributed by atoms with Crippen LogP contribution in [0, 0.1) is 6.92 Å². The predicted molar refractivity (Wildman–Crippen MR) is 62.9 cm³/mol. The highest BCUT2D eigenvalue weighted by atomic mass is 32.1. The van der Waals surface area contributed by atoms with Crippen molar-refractivity contribution in [2.45, 2.75) is 20.0 Å². The third-order valence-corrected chi connectivity index (χ3v) is 3.12. The van der Waals surface area contributed by atoms with Crippen molar-refractivity contribution in [2.75, 3.05) is 0 Å². The van der Waals surface area contributed by atoms with Crippen LogP contribution in [0.15, 0.2) is 29.6 Å². The van der Waals surface area contributed by atoms with Gasteiger partial charge in [0.05, 0.1) is 11.8 Å². The van der Waals surface area contributed by atoms with Crippen molar-refractivity contribution >= 4 is 11.3 Å². The van der Waals surface area contributed by atoms with E-state index < -0.39 is 6.10 Å². The Morgan fingerprint density at radius 2 is 2.20 bits per heavy atom. The quantitative estimate of drug-likeness (QED) is 0.841. The highest BCUT2D eigenvalue weighted by Gasteiger charge is 2.08. The first-order valence-corrected chi connectivity index (χ1v) is 5.75. The van der Waals surface area contributed by atoms with E-state index in [0.717, 1.165) is 16.3 Å². The Bertz CT molecular complexity index is 462. The van der Waals surface area contributed by atoms with Gasteiger partial charge in [-0.25, -0.2) is 4.98 Å². The molecule has 2 nitrogen and oxygen atoms in total. The van der Waals surface area contributed by atoms with Crippen molar-refractivity contribution < 1.29 is 5.11 Å². The summed E-state index contributed by atoms with van der Waals surface area (Å²) >= 11 is 1.57. The Hall–Kier alpha value is -1.19. The van der Waals surface area contributed by atoms with Crippen molar-refractivity contribution in [3.63, 3.8) is 0 Å². The molecule has 0 aliphatic heterocycles. The van der Waals surface area contributed by atoms with Gasteiger partial charge in [-0.05, 0) is 19.9 Å². The Balaban J connectivity index is 2.37. The molecular formula is C12H13NOS. The zero-order chi connectivity index (χ0) is 10.8. The third kappa shape index (κ3) is 2.25. The van der Waals surface area contributed by atoms with Crippen LogP contribution in [0.4, 0.5) is 0 Å². The monoisotopic (exact) mass is 219 g/mol. The third-order valence-electron chi connectivity index (χ3n) is 2.22. The summed E-state index contributed by atoms with van der Waals surface area (Å²) in [7, 11) is 0. The summed E-state index contributed by atoms with van der Waals surface area (Å²) in [6, 6.07) is 8.23. The molecule has 78 valence electrons. The molecule has 0 spiro atoms. The molecule has 1 N–H and O–H groups in total. The number of hydrogen-bond donors (Lipinski definition) is 1. The number of thiazole rings is 1. The molecule has 0 bridgehead atoms. The number of hydrogen-bond acceptors (Lipinski definition) is 3. The van der Waals surface area contributed by atoms with E-state index >= 15 is 0 Å². The molecule has 15 heavy (non-hydrogen) atoms. The topological polar surface area (TPSA) is 33.1 Å². The molecule has 0 aliphatic carbocycles. The minimum absolute atomic E-state index is 0.486. The van der Waals surface area contributed by atoms with E-state index in [1.54, 1.807) is 18.3 Å². The second-order valence-corrected chi connectivity index (χ2v) is 4.48. The second kappa shape index (κ2) is 4.13. The zero-order valence-electron chi connectivity index (χ0n) is 8.77. The predicted octanol–water partition coefficient (Wildman–Crippen LogP) is 3.17. The minimum Gasteiger partial charge on any atom is -0.387 e. The molecule has 1 aromatic heterocycles. The Kier molecular flexibility index (Phi) is 2.84. The lowest BCUT2D eigenvalue weighted by Gasteiger charge is -1.99. The lowest BCUT2D eigenvalue weighted by atomic mass is 10.1. The van der Waals surface area contributed by atoms with Crippen LogP contribution in [0.1, 0.15) is 24.3 Å². The maximum Gasteiger partial charge on any atom is 0.123 e. The van der Waals surface area contributed by atoms with Gasteiger partial charge in [-0.15, -0.1) is 11.3 Å². The highest BCUT2D eigenvalue weighted by Crippen LogP contribution is 2.26. The SMILES string of the molecule is Cc1cccc(-c2nc(C(C)O)cs2)c1. The number of rotatable bonds is 2. The lowest BCUT2D eigenvalue weighted by Crippen LogP contribution is -1.90. The molecule has 2 aromatic rings. The van der Waals surface area contributed by atoms with E-state index in [-0.39, 0.29) is 0 Å². The Morgan fingerprint density at radius 1 is 1.40 bits per heavy atom. The van der Waals surface area contributed by atoms with Crippen LogP contribution in [-0.4, -0.2) is 10.1 Å². The van der Waals surface area contributed by atoms with Gasteiger partial charge in [0, 0.05) is 10.9 Å².